The topological polar surface area (TPSA) is 43.1 Å². The highest BCUT2D eigenvalue weighted by molar-refractivity contribution is 6.31. The Kier molecular flexibility index (Phi) is 1.95. The second-order valence-electron chi connectivity index (χ2n) is 2.20. The lowest BCUT2D eigenvalue weighted by atomic mass is 10.1. The lowest BCUT2D eigenvalue weighted by molar-refractivity contribution is -0.588. The van der Waals surface area contributed by atoms with E-state index in [-0.39, 0.29) is 6.42 Å². The molecule has 1 unspecified atom stereocenters. The predicted octanol–water partition coefficient (Wildman–Crippen LogP) is 2.01. The summed E-state index contributed by atoms with van der Waals surface area (Å²) in [5, 5.41) is 10.4. The standard InChI is InChI=1S/C6H5ClFNO2/c7-5-1-3-6(8,4-2-5)9(10)11/h1-3H,4H2. The molecule has 1 atom stereocenters. The average molecular weight is 178 g/mol. The van der Waals surface area contributed by atoms with Gasteiger partial charge in [-0.1, -0.05) is 17.7 Å². The third-order valence-corrected chi connectivity index (χ3v) is 1.67. The molecule has 0 aromatic rings. The minimum Gasteiger partial charge on any atom is -0.261 e. The molecule has 1 aliphatic rings. The van der Waals surface area contributed by atoms with Crippen LogP contribution in [0.4, 0.5) is 4.39 Å². The maximum Gasteiger partial charge on any atom is 0.381 e. The Balaban J connectivity index is 2.82. The van der Waals surface area contributed by atoms with Crippen molar-refractivity contribution in [1.29, 1.82) is 0 Å². The van der Waals surface area contributed by atoms with Gasteiger partial charge in [-0.25, -0.2) is 0 Å². The Bertz CT molecular complexity index is 251. The van der Waals surface area contributed by atoms with Crippen molar-refractivity contribution in [3.63, 3.8) is 0 Å². The highest BCUT2D eigenvalue weighted by atomic mass is 35.5. The molecule has 0 amide bonds. The summed E-state index contributed by atoms with van der Waals surface area (Å²) < 4.78 is 13.0. The maximum absolute atomic E-state index is 13.0. The molecule has 0 N–H and O–H groups in total. The number of nitro groups is 1. The Morgan fingerprint density at radius 3 is 2.82 bits per heavy atom. The van der Waals surface area contributed by atoms with Crippen LogP contribution < -0.4 is 0 Å². The molecule has 3 nitrogen and oxygen atoms in total. The molecule has 1 rings (SSSR count). The zero-order valence-corrected chi connectivity index (χ0v) is 6.21. The van der Waals surface area contributed by atoms with Crippen molar-refractivity contribution in [3.05, 3.63) is 33.4 Å². The molecular weight excluding hydrogens is 173 g/mol. The van der Waals surface area contributed by atoms with Crippen LogP contribution in [0.15, 0.2) is 23.3 Å². The molecule has 0 saturated heterocycles. The Hall–Kier alpha value is -0.900. The molecule has 0 saturated carbocycles. The second-order valence-corrected chi connectivity index (χ2v) is 2.64. The maximum atomic E-state index is 13.0. The van der Waals surface area contributed by atoms with E-state index < -0.39 is 10.7 Å². The molecule has 5 heteroatoms. The highest BCUT2D eigenvalue weighted by Gasteiger charge is 2.40. The van der Waals surface area contributed by atoms with Gasteiger partial charge in [0.2, 0.25) is 0 Å². The lowest BCUT2D eigenvalue weighted by Crippen LogP contribution is -2.31. The van der Waals surface area contributed by atoms with Crippen LogP contribution in [0.2, 0.25) is 0 Å². The molecule has 0 aromatic heterocycles. The van der Waals surface area contributed by atoms with Crippen LogP contribution in [-0.2, 0) is 0 Å². The van der Waals surface area contributed by atoms with Gasteiger partial charge in [0.1, 0.15) is 0 Å². The molecule has 0 fully saturated rings. The summed E-state index contributed by atoms with van der Waals surface area (Å²) in [7, 11) is 0. The van der Waals surface area contributed by atoms with Crippen molar-refractivity contribution >= 4 is 11.6 Å². The van der Waals surface area contributed by atoms with E-state index in [0.29, 0.717) is 5.03 Å². The molecule has 0 heterocycles. The van der Waals surface area contributed by atoms with E-state index in [1.807, 2.05) is 0 Å². The van der Waals surface area contributed by atoms with Crippen LogP contribution in [0.25, 0.3) is 0 Å². The first-order chi connectivity index (χ1) is 5.04. The van der Waals surface area contributed by atoms with Crippen molar-refractivity contribution in [1.82, 2.24) is 0 Å². The Morgan fingerprint density at radius 1 is 1.82 bits per heavy atom. The van der Waals surface area contributed by atoms with E-state index in [1.165, 1.54) is 12.2 Å². The molecule has 0 radical (unpaired) electrons. The fourth-order valence-electron chi connectivity index (χ4n) is 0.719. The number of halogens is 2. The first kappa shape index (κ1) is 8.20. The number of allylic oxidation sites excluding steroid dienone is 2. The molecule has 0 aliphatic heterocycles. The number of alkyl halides is 1. The van der Waals surface area contributed by atoms with E-state index in [4.69, 9.17) is 11.6 Å². The number of nitrogens with zero attached hydrogens (tertiary/aromatic N) is 1. The summed E-state index contributed by atoms with van der Waals surface area (Å²) in [5.41, 5.74) is 0. The van der Waals surface area contributed by atoms with Crippen LogP contribution in [0.3, 0.4) is 0 Å². The summed E-state index contributed by atoms with van der Waals surface area (Å²) in [6, 6.07) is 0. The second kappa shape index (κ2) is 2.62. The van der Waals surface area contributed by atoms with Gasteiger partial charge in [-0.15, -0.1) is 0 Å². The monoisotopic (exact) mass is 177 g/mol. The highest BCUT2D eigenvalue weighted by Crippen LogP contribution is 2.26. The SMILES string of the molecule is O=[N+]([O-])C1(F)C=CC(Cl)=CC1. The van der Waals surface area contributed by atoms with Gasteiger partial charge < -0.3 is 0 Å². The third-order valence-electron chi connectivity index (χ3n) is 1.38. The van der Waals surface area contributed by atoms with Crippen LogP contribution in [-0.4, -0.2) is 10.7 Å². The van der Waals surface area contributed by atoms with Gasteiger partial charge in [-0.05, 0) is 6.08 Å². The molecule has 11 heavy (non-hydrogen) atoms. The average Bonchev–Trinajstić information content (AvgIpc) is 1.95. The zero-order chi connectivity index (χ0) is 8.48. The predicted molar refractivity (Wildman–Crippen MR) is 38.5 cm³/mol. The summed E-state index contributed by atoms with van der Waals surface area (Å²) in [6.07, 6.45) is 3.03. The zero-order valence-electron chi connectivity index (χ0n) is 5.46. The summed E-state index contributed by atoms with van der Waals surface area (Å²) in [6.45, 7) is 0. The van der Waals surface area contributed by atoms with Gasteiger partial charge in [0.05, 0.1) is 11.3 Å². The van der Waals surface area contributed by atoms with Gasteiger partial charge >= 0.3 is 5.79 Å². The van der Waals surface area contributed by atoms with E-state index in [1.54, 1.807) is 0 Å². The smallest absolute Gasteiger partial charge is 0.261 e. The first-order valence-corrected chi connectivity index (χ1v) is 3.31. The fraction of sp³-hybridized carbons (Fsp3) is 0.333. The van der Waals surface area contributed by atoms with Gasteiger partial charge in [-0.2, -0.15) is 4.39 Å². The van der Waals surface area contributed by atoms with Crippen molar-refractivity contribution in [2.24, 2.45) is 0 Å². The van der Waals surface area contributed by atoms with Gasteiger partial charge in [-0.3, -0.25) is 10.1 Å². The Morgan fingerprint density at radius 2 is 2.45 bits per heavy atom. The van der Waals surface area contributed by atoms with Gasteiger partial charge in [0.25, 0.3) is 0 Å². The minimum absolute atomic E-state index is 0.296. The largest absolute Gasteiger partial charge is 0.381 e. The van der Waals surface area contributed by atoms with Crippen molar-refractivity contribution in [3.8, 4) is 0 Å². The van der Waals surface area contributed by atoms with Crippen molar-refractivity contribution in [2.75, 3.05) is 0 Å². The molecular formula is C6H5ClFNO2. The van der Waals surface area contributed by atoms with Crippen LogP contribution in [0, 0.1) is 10.1 Å². The van der Waals surface area contributed by atoms with Crippen LogP contribution in [0.5, 0.6) is 0 Å². The summed E-state index contributed by atoms with van der Waals surface area (Å²) in [4.78, 5) is 9.12. The van der Waals surface area contributed by atoms with Gasteiger partial charge in [0, 0.05) is 11.1 Å². The minimum atomic E-state index is -2.46. The quantitative estimate of drug-likeness (QED) is 0.349. The van der Waals surface area contributed by atoms with Crippen LogP contribution in [0.1, 0.15) is 6.42 Å². The van der Waals surface area contributed by atoms with Crippen molar-refractivity contribution < 1.29 is 9.31 Å². The van der Waals surface area contributed by atoms with E-state index in [9.17, 15) is 14.5 Å². The molecule has 0 spiro atoms. The summed E-state index contributed by atoms with van der Waals surface area (Å²) in [5.74, 6) is -2.46. The number of hydrogen-bond acceptors (Lipinski definition) is 2. The lowest BCUT2D eigenvalue weighted by Gasteiger charge is -2.12. The number of hydrogen-bond donors (Lipinski definition) is 0. The molecule has 60 valence electrons. The molecule has 0 bridgehead atoms. The van der Waals surface area contributed by atoms with Crippen LogP contribution >= 0.6 is 11.6 Å². The fourth-order valence-corrected chi connectivity index (χ4v) is 0.860. The van der Waals surface area contributed by atoms with E-state index >= 15 is 0 Å². The normalized spacial score (nSPS) is 29.8. The van der Waals surface area contributed by atoms with Crippen molar-refractivity contribution in [2.45, 2.75) is 12.2 Å². The van der Waals surface area contributed by atoms with E-state index in [2.05, 4.69) is 0 Å². The summed E-state index contributed by atoms with van der Waals surface area (Å²) >= 11 is 5.43. The Labute approximate surface area is 67.3 Å². The van der Waals surface area contributed by atoms with E-state index in [0.717, 1.165) is 6.08 Å². The first-order valence-electron chi connectivity index (χ1n) is 2.93. The molecule has 0 aromatic carbocycles. The molecule has 1 aliphatic carbocycles. The van der Waals surface area contributed by atoms with Gasteiger partial charge in [0.15, 0.2) is 0 Å². The third kappa shape index (κ3) is 1.57. The number of rotatable bonds is 1.